The van der Waals surface area contributed by atoms with Crippen LogP contribution >= 0.6 is 0 Å². The summed E-state index contributed by atoms with van der Waals surface area (Å²) in [6, 6.07) is 6.12. The summed E-state index contributed by atoms with van der Waals surface area (Å²) >= 11 is 0. The number of rotatable bonds is 11. The van der Waals surface area contributed by atoms with Crippen molar-refractivity contribution >= 4 is 5.69 Å². The molecule has 3 heteroatoms. The van der Waals surface area contributed by atoms with Crippen LogP contribution in [0.1, 0.15) is 52.9 Å². The van der Waals surface area contributed by atoms with Crippen molar-refractivity contribution in [1.82, 2.24) is 0 Å². The Labute approximate surface area is 123 Å². The molecule has 0 aromatic heterocycles. The van der Waals surface area contributed by atoms with Crippen LogP contribution in [0, 0.1) is 0 Å². The van der Waals surface area contributed by atoms with Crippen molar-refractivity contribution in [2.24, 2.45) is 0 Å². The molecule has 0 bridgehead atoms. The first-order valence-electron chi connectivity index (χ1n) is 7.95. The van der Waals surface area contributed by atoms with Gasteiger partial charge in [0.05, 0.1) is 13.2 Å². The molecule has 0 unspecified atom stereocenters. The predicted molar refractivity (Wildman–Crippen MR) is 86.0 cm³/mol. The van der Waals surface area contributed by atoms with Gasteiger partial charge in [-0.2, -0.15) is 0 Å². The highest BCUT2D eigenvalue weighted by molar-refractivity contribution is 5.54. The van der Waals surface area contributed by atoms with E-state index < -0.39 is 0 Å². The smallest absolute Gasteiger partial charge is 0.163 e. The zero-order chi connectivity index (χ0) is 14.6. The SMILES string of the molecule is CCCCCNc1ccc(OCCC)c(OCCC)c1. The second-order valence-electron chi connectivity index (χ2n) is 4.99. The normalized spacial score (nSPS) is 10.3. The van der Waals surface area contributed by atoms with Crippen molar-refractivity contribution in [2.45, 2.75) is 52.9 Å². The van der Waals surface area contributed by atoms with E-state index >= 15 is 0 Å². The number of hydrogen-bond acceptors (Lipinski definition) is 3. The third-order valence-corrected chi connectivity index (χ3v) is 2.98. The van der Waals surface area contributed by atoms with Gasteiger partial charge < -0.3 is 14.8 Å². The van der Waals surface area contributed by atoms with Crippen LogP contribution in [0.4, 0.5) is 5.69 Å². The highest BCUT2D eigenvalue weighted by atomic mass is 16.5. The highest BCUT2D eigenvalue weighted by Gasteiger charge is 2.06. The van der Waals surface area contributed by atoms with E-state index in [2.05, 4.69) is 32.2 Å². The van der Waals surface area contributed by atoms with Gasteiger partial charge in [-0.25, -0.2) is 0 Å². The van der Waals surface area contributed by atoms with Gasteiger partial charge in [-0.05, 0) is 31.4 Å². The summed E-state index contributed by atoms with van der Waals surface area (Å²) in [4.78, 5) is 0. The molecule has 0 fully saturated rings. The topological polar surface area (TPSA) is 30.5 Å². The molecule has 0 saturated heterocycles. The van der Waals surface area contributed by atoms with Crippen LogP contribution < -0.4 is 14.8 Å². The van der Waals surface area contributed by atoms with Gasteiger partial charge in [0, 0.05) is 18.3 Å². The standard InChI is InChI=1S/C17H29NO2/c1-4-7-8-11-18-15-9-10-16(19-12-5-2)17(14-15)20-13-6-3/h9-10,14,18H,4-8,11-13H2,1-3H3. The van der Waals surface area contributed by atoms with Crippen LogP contribution in [0.25, 0.3) is 0 Å². The average molecular weight is 279 g/mol. The largest absolute Gasteiger partial charge is 0.490 e. The number of ether oxygens (including phenoxy) is 2. The Balaban J connectivity index is 2.62. The fourth-order valence-electron chi connectivity index (χ4n) is 1.88. The summed E-state index contributed by atoms with van der Waals surface area (Å²) in [5.41, 5.74) is 1.11. The van der Waals surface area contributed by atoms with E-state index in [0.717, 1.165) is 49.8 Å². The minimum atomic E-state index is 0.724. The molecule has 0 radical (unpaired) electrons. The zero-order valence-corrected chi connectivity index (χ0v) is 13.2. The Morgan fingerprint density at radius 3 is 2.20 bits per heavy atom. The van der Waals surface area contributed by atoms with Gasteiger partial charge in [-0.15, -0.1) is 0 Å². The van der Waals surface area contributed by atoms with Gasteiger partial charge in [-0.3, -0.25) is 0 Å². The zero-order valence-electron chi connectivity index (χ0n) is 13.2. The summed E-state index contributed by atoms with van der Waals surface area (Å²) in [7, 11) is 0. The Morgan fingerprint density at radius 1 is 0.850 bits per heavy atom. The van der Waals surface area contributed by atoms with Crippen LogP contribution in [-0.2, 0) is 0 Å². The molecular formula is C17H29NO2. The maximum atomic E-state index is 5.79. The van der Waals surface area contributed by atoms with Crippen LogP contribution in [0.5, 0.6) is 11.5 Å². The summed E-state index contributed by atoms with van der Waals surface area (Å²) in [6.07, 6.45) is 5.72. The first-order chi connectivity index (χ1) is 9.81. The van der Waals surface area contributed by atoms with Gasteiger partial charge in [0.2, 0.25) is 0 Å². The third kappa shape index (κ3) is 6.18. The molecule has 3 nitrogen and oxygen atoms in total. The van der Waals surface area contributed by atoms with Crippen molar-refractivity contribution < 1.29 is 9.47 Å². The summed E-state index contributed by atoms with van der Waals surface area (Å²) in [5, 5.41) is 3.44. The minimum absolute atomic E-state index is 0.724. The maximum Gasteiger partial charge on any atom is 0.163 e. The molecule has 20 heavy (non-hydrogen) atoms. The van der Waals surface area contributed by atoms with Crippen LogP contribution in [0.15, 0.2) is 18.2 Å². The number of unbranched alkanes of at least 4 members (excludes halogenated alkanes) is 2. The number of benzene rings is 1. The molecular weight excluding hydrogens is 250 g/mol. The molecule has 1 rings (SSSR count). The van der Waals surface area contributed by atoms with Crippen molar-refractivity contribution in [3.05, 3.63) is 18.2 Å². The molecule has 0 heterocycles. The summed E-state index contributed by atoms with van der Waals surface area (Å²) < 4.78 is 11.5. The van der Waals surface area contributed by atoms with Crippen molar-refractivity contribution in [2.75, 3.05) is 25.1 Å². The third-order valence-electron chi connectivity index (χ3n) is 2.98. The first-order valence-corrected chi connectivity index (χ1v) is 7.95. The van der Waals surface area contributed by atoms with E-state index in [4.69, 9.17) is 9.47 Å². The molecule has 1 aromatic carbocycles. The van der Waals surface area contributed by atoms with E-state index in [1.165, 1.54) is 19.3 Å². The van der Waals surface area contributed by atoms with E-state index in [1.807, 2.05) is 12.1 Å². The predicted octanol–water partition coefficient (Wildman–Crippen LogP) is 4.87. The minimum Gasteiger partial charge on any atom is -0.490 e. The maximum absolute atomic E-state index is 5.79. The fraction of sp³-hybridized carbons (Fsp3) is 0.647. The Morgan fingerprint density at radius 2 is 1.55 bits per heavy atom. The average Bonchev–Trinajstić information content (AvgIpc) is 2.48. The number of anilines is 1. The van der Waals surface area contributed by atoms with Gasteiger partial charge in [0.1, 0.15) is 0 Å². The van der Waals surface area contributed by atoms with Gasteiger partial charge in [-0.1, -0.05) is 33.6 Å². The second-order valence-corrected chi connectivity index (χ2v) is 4.99. The molecule has 0 aliphatic rings. The Kier molecular flexibility index (Phi) is 8.68. The summed E-state index contributed by atoms with van der Waals surface area (Å²) in [6.45, 7) is 8.90. The second kappa shape index (κ2) is 10.4. The van der Waals surface area contributed by atoms with E-state index in [9.17, 15) is 0 Å². The monoisotopic (exact) mass is 279 g/mol. The van der Waals surface area contributed by atoms with E-state index in [0.29, 0.717) is 0 Å². The van der Waals surface area contributed by atoms with E-state index in [1.54, 1.807) is 0 Å². The Hall–Kier alpha value is -1.38. The van der Waals surface area contributed by atoms with E-state index in [-0.39, 0.29) is 0 Å². The quantitative estimate of drug-likeness (QED) is 0.586. The van der Waals surface area contributed by atoms with Gasteiger partial charge in [0.15, 0.2) is 11.5 Å². The highest BCUT2D eigenvalue weighted by Crippen LogP contribution is 2.30. The molecule has 0 saturated carbocycles. The lowest BCUT2D eigenvalue weighted by Gasteiger charge is -2.14. The fourth-order valence-corrected chi connectivity index (χ4v) is 1.88. The van der Waals surface area contributed by atoms with Gasteiger partial charge in [0.25, 0.3) is 0 Å². The number of nitrogens with one attached hydrogen (secondary N) is 1. The molecule has 0 amide bonds. The lowest BCUT2D eigenvalue weighted by atomic mass is 10.2. The lowest BCUT2D eigenvalue weighted by molar-refractivity contribution is 0.268. The molecule has 1 aromatic rings. The van der Waals surface area contributed by atoms with Crippen LogP contribution in [0.3, 0.4) is 0 Å². The van der Waals surface area contributed by atoms with Crippen molar-refractivity contribution in [1.29, 1.82) is 0 Å². The Bertz CT molecular complexity index is 366. The molecule has 114 valence electrons. The molecule has 0 aliphatic carbocycles. The van der Waals surface area contributed by atoms with Gasteiger partial charge >= 0.3 is 0 Å². The summed E-state index contributed by atoms with van der Waals surface area (Å²) in [5.74, 6) is 1.69. The molecule has 0 spiro atoms. The molecule has 0 aliphatic heterocycles. The lowest BCUT2D eigenvalue weighted by Crippen LogP contribution is -2.04. The van der Waals surface area contributed by atoms with Crippen molar-refractivity contribution in [3.63, 3.8) is 0 Å². The van der Waals surface area contributed by atoms with Crippen LogP contribution in [0.2, 0.25) is 0 Å². The first kappa shape index (κ1) is 16.7. The molecule has 1 N–H and O–H groups in total. The van der Waals surface area contributed by atoms with Crippen molar-refractivity contribution in [3.8, 4) is 11.5 Å². The molecule has 0 atom stereocenters. The van der Waals surface area contributed by atoms with Crippen LogP contribution in [-0.4, -0.2) is 19.8 Å². The number of hydrogen-bond donors (Lipinski definition) is 1.